The van der Waals surface area contributed by atoms with Crippen molar-refractivity contribution in [2.75, 3.05) is 0 Å². The highest BCUT2D eigenvalue weighted by atomic mass is 14.3. The molecule has 0 bridgehead atoms. The SMILES string of the molecule is CC1=C(C/C=C(\C)CC#C/C(C)=C/CC#CC(C)C=C/C=C(\C)CCC2=C(C)CCCC2(C)C)C(C)(C)CCC1. The summed E-state index contributed by atoms with van der Waals surface area (Å²) in [5.74, 6) is 13.6. The highest BCUT2D eigenvalue weighted by Crippen LogP contribution is 2.43. The van der Waals surface area contributed by atoms with E-state index in [4.69, 9.17) is 0 Å². The molecule has 0 nitrogen and oxygen atoms in total. The Labute approximate surface area is 249 Å². The number of rotatable bonds is 9. The first-order valence-corrected chi connectivity index (χ1v) is 15.8. The van der Waals surface area contributed by atoms with Gasteiger partial charge in [0, 0.05) is 18.8 Å². The van der Waals surface area contributed by atoms with Crippen LogP contribution in [0.4, 0.5) is 0 Å². The maximum absolute atomic E-state index is 3.36. The molecule has 0 aromatic heterocycles. The van der Waals surface area contributed by atoms with E-state index < -0.39 is 0 Å². The Hall–Kier alpha value is -2.44. The molecule has 40 heavy (non-hydrogen) atoms. The van der Waals surface area contributed by atoms with Crippen LogP contribution in [0.3, 0.4) is 0 Å². The van der Waals surface area contributed by atoms with Gasteiger partial charge in [0.15, 0.2) is 0 Å². The van der Waals surface area contributed by atoms with Crippen LogP contribution in [0.2, 0.25) is 0 Å². The maximum Gasteiger partial charge on any atom is 0.0357 e. The van der Waals surface area contributed by atoms with E-state index in [-0.39, 0.29) is 5.92 Å². The average molecular weight is 539 g/mol. The zero-order valence-electron chi connectivity index (χ0n) is 27.7. The predicted octanol–water partition coefficient (Wildman–Crippen LogP) is 12.0. The van der Waals surface area contributed by atoms with Gasteiger partial charge in [-0.1, -0.05) is 115 Å². The molecule has 0 saturated heterocycles. The molecule has 2 rings (SSSR count). The lowest BCUT2D eigenvalue weighted by Crippen LogP contribution is -2.20. The number of allylic oxidation sites excluding steroid dienone is 12. The lowest BCUT2D eigenvalue weighted by molar-refractivity contribution is 0.354. The first-order valence-electron chi connectivity index (χ1n) is 15.8. The second kappa shape index (κ2) is 16.1. The van der Waals surface area contributed by atoms with E-state index >= 15 is 0 Å². The van der Waals surface area contributed by atoms with Crippen molar-refractivity contribution in [2.24, 2.45) is 16.7 Å². The second-order valence-corrected chi connectivity index (χ2v) is 13.8. The van der Waals surface area contributed by atoms with Crippen molar-refractivity contribution in [3.05, 3.63) is 69.4 Å². The summed E-state index contributed by atoms with van der Waals surface area (Å²) in [6, 6.07) is 0. The summed E-state index contributed by atoms with van der Waals surface area (Å²) < 4.78 is 0. The predicted molar refractivity (Wildman–Crippen MR) is 179 cm³/mol. The van der Waals surface area contributed by atoms with Gasteiger partial charge >= 0.3 is 0 Å². The van der Waals surface area contributed by atoms with Crippen LogP contribution in [0.5, 0.6) is 0 Å². The lowest BCUT2D eigenvalue weighted by Gasteiger charge is -2.34. The van der Waals surface area contributed by atoms with E-state index in [0.717, 1.165) is 31.3 Å². The third-order valence-corrected chi connectivity index (χ3v) is 9.07. The lowest BCUT2D eigenvalue weighted by atomic mass is 9.71. The molecule has 218 valence electrons. The average Bonchev–Trinajstić information content (AvgIpc) is 2.85. The van der Waals surface area contributed by atoms with Gasteiger partial charge in [-0.15, -0.1) is 0 Å². The fourth-order valence-corrected chi connectivity index (χ4v) is 6.34. The fourth-order valence-electron chi connectivity index (χ4n) is 6.34. The number of hydrogen-bond acceptors (Lipinski definition) is 0. The van der Waals surface area contributed by atoms with Crippen molar-refractivity contribution in [2.45, 2.75) is 140 Å². The van der Waals surface area contributed by atoms with Crippen molar-refractivity contribution in [1.29, 1.82) is 0 Å². The van der Waals surface area contributed by atoms with Gasteiger partial charge in [0.05, 0.1) is 0 Å². The molecule has 2 aliphatic carbocycles. The van der Waals surface area contributed by atoms with Crippen LogP contribution in [0.25, 0.3) is 0 Å². The Balaban J connectivity index is 1.77. The largest absolute Gasteiger partial charge is 0.0985 e. The number of hydrogen-bond donors (Lipinski definition) is 0. The van der Waals surface area contributed by atoms with Crippen LogP contribution in [-0.4, -0.2) is 0 Å². The molecule has 0 saturated carbocycles. The minimum atomic E-state index is 0.256. The van der Waals surface area contributed by atoms with E-state index in [1.807, 2.05) is 0 Å². The van der Waals surface area contributed by atoms with E-state index in [2.05, 4.69) is 123 Å². The molecule has 2 aliphatic rings. The van der Waals surface area contributed by atoms with Crippen LogP contribution in [0, 0.1) is 40.4 Å². The second-order valence-electron chi connectivity index (χ2n) is 13.8. The Bertz CT molecular complexity index is 1170. The Morgan fingerprint density at radius 1 is 0.850 bits per heavy atom. The van der Waals surface area contributed by atoms with Crippen molar-refractivity contribution in [3.63, 3.8) is 0 Å². The van der Waals surface area contributed by atoms with Gasteiger partial charge in [-0.2, -0.15) is 0 Å². The van der Waals surface area contributed by atoms with Crippen LogP contribution in [0.15, 0.2) is 69.4 Å². The summed E-state index contributed by atoms with van der Waals surface area (Å²) in [6.45, 7) is 23.0. The summed E-state index contributed by atoms with van der Waals surface area (Å²) in [6.07, 6.45) is 24.1. The van der Waals surface area contributed by atoms with Gasteiger partial charge in [0.2, 0.25) is 0 Å². The van der Waals surface area contributed by atoms with Gasteiger partial charge in [-0.25, -0.2) is 0 Å². The molecular weight excluding hydrogens is 480 g/mol. The highest BCUT2D eigenvalue weighted by molar-refractivity contribution is 5.31. The Morgan fingerprint density at radius 3 is 2.10 bits per heavy atom. The molecule has 0 heterocycles. The molecule has 0 N–H and O–H groups in total. The normalized spacial score (nSPS) is 20.7. The van der Waals surface area contributed by atoms with Crippen molar-refractivity contribution in [1.82, 2.24) is 0 Å². The monoisotopic (exact) mass is 538 g/mol. The fraction of sp³-hybridized carbons (Fsp3) is 0.600. The van der Waals surface area contributed by atoms with Gasteiger partial charge in [-0.05, 0) is 116 Å². The van der Waals surface area contributed by atoms with E-state index in [9.17, 15) is 0 Å². The summed E-state index contributed by atoms with van der Waals surface area (Å²) in [5.41, 5.74) is 11.2. The molecule has 1 unspecified atom stereocenters. The zero-order chi connectivity index (χ0) is 29.8. The molecule has 0 amide bonds. The minimum absolute atomic E-state index is 0.256. The van der Waals surface area contributed by atoms with E-state index in [0.29, 0.717) is 10.8 Å². The smallest absolute Gasteiger partial charge is 0.0357 e. The summed E-state index contributed by atoms with van der Waals surface area (Å²) >= 11 is 0. The Kier molecular flexibility index (Phi) is 13.6. The van der Waals surface area contributed by atoms with Gasteiger partial charge in [0.25, 0.3) is 0 Å². The van der Waals surface area contributed by atoms with Gasteiger partial charge < -0.3 is 0 Å². The van der Waals surface area contributed by atoms with Gasteiger partial charge in [-0.3, -0.25) is 0 Å². The van der Waals surface area contributed by atoms with Crippen molar-refractivity contribution >= 4 is 0 Å². The zero-order valence-corrected chi connectivity index (χ0v) is 27.7. The molecule has 0 fully saturated rings. The molecule has 0 aromatic carbocycles. The third kappa shape index (κ3) is 11.6. The first-order chi connectivity index (χ1) is 18.8. The van der Waals surface area contributed by atoms with Crippen LogP contribution < -0.4 is 0 Å². The van der Waals surface area contributed by atoms with Gasteiger partial charge in [0.1, 0.15) is 0 Å². The minimum Gasteiger partial charge on any atom is -0.0985 e. The molecule has 0 aromatic rings. The molecule has 0 heteroatoms. The van der Waals surface area contributed by atoms with E-state index in [1.54, 1.807) is 22.3 Å². The molecular formula is C40H58. The van der Waals surface area contributed by atoms with Crippen LogP contribution in [-0.2, 0) is 0 Å². The maximum atomic E-state index is 3.36. The van der Waals surface area contributed by atoms with Crippen LogP contribution >= 0.6 is 0 Å². The quantitative estimate of drug-likeness (QED) is 0.155. The van der Waals surface area contributed by atoms with E-state index in [1.165, 1.54) is 56.1 Å². The van der Waals surface area contributed by atoms with Crippen molar-refractivity contribution in [3.8, 4) is 23.7 Å². The molecule has 1 atom stereocenters. The molecule has 0 aliphatic heterocycles. The van der Waals surface area contributed by atoms with Crippen LogP contribution in [0.1, 0.15) is 140 Å². The van der Waals surface area contributed by atoms with Crippen molar-refractivity contribution < 1.29 is 0 Å². The molecule has 0 radical (unpaired) electrons. The molecule has 0 spiro atoms. The topological polar surface area (TPSA) is 0 Å². The Morgan fingerprint density at radius 2 is 1.48 bits per heavy atom. The first kappa shape index (κ1) is 33.8. The third-order valence-electron chi connectivity index (χ3n) is 9.07. The summed E-state index contributed by atoms with van der Waals surface area (Å²) in [4.78, 5) is 0. The summed E-state index contributed by atoms with van der Waals surface area (Å²) in [7, 11) is 0. The summed E-state index contributed by atoms with van der Waals surface area (Å²) in [5, 5.41) is 0. The highest BCUT2D eigenvalue weighted by Gasteiger charge is 2.28. The standard InChI is InChI=1S/C40H58/c1-31(19-13-21-33(3)25-27-37-35(5)23-15-29-39(37,7)8)17-11-12-18-32(2)20-14-22-34(4)26-28-38-36(6)24-16-30-40(38,9)10/h14,17,20,22,25,32H,11,15-16,21,23-24,26-30H2,1-10H3/b20-14?,31-17+,33-25+,34-22+.